The summed E-state index contributed by atoms with van der Waals surface area (Å²) in [6, 6.07) is 16.6. The molecular weight excluding hydrogens is 301 g/mol. The highest BCUT2D eigenvalue weighted by molar-refractivity contribution is 6.42. The first-order chi connectivity index (χ1) is 10.1. The fraction of sp³-hybridized carbons (Fsp3) is 0.333. The monoisotopic (exact) mass is 319 g/mol. The molecule has 1 saturated carbocycles. The smallest absolute Gasteiger partial charge is 0.0595 e. The van der Waals surface area contributed by atoms with Gasteiger partial charge < -0.3 is 5.73 Å². The Kier molecular flexibility index (Phi) is 4.26. The number of hydrogen-bond acceptors (Lipinski definition) is 1. The van der Waals surface area contributed by atoms with Crippen molar-refractivity contribution in [3.63, 3.8) is 0 Å². The van der Waals surface area contributed by atoms with E-state index >= 15 is 0 Å². The molecule has 0 amide bonds. The molecule has 1 atom stereocenters. The fourth-order valence-electron chi connectivity index (χ4n) is 3.32. The van der Waals surface area contributed by atoms with Crippen molar-refractivity contribution in [3.8, 4) is 0 Å². The van der Waals surface area contributed by atoms with Crippen molar-refractivity contribution in [1.29, 1.82) is 0 Å². The summed E-state index contributed by atoms with van der Waals surface area (Å²) in [4.78, 5) is 0. The van der Waals surface area contributed by atoms with Crippen molar-refractivity contribution >= 4 is 23.2 Å². The van der Waals surface area contributed by atoms with Crippen molar-refractivity contribution in [3.05, 3.63) is 69.7 Å². The summed E-state index contributed by atoms with van der Waals surface area (Å²) >= 11 is 12.1. The maximum Gasteiger partial charge on any atom is 0.0595 e. The Labute approximate surface area is 136 Å². The molecule has 1 unspecified atom stereocenters. The van der Waals surface area contributed by atoms with Crippen molar-refractivity contribution in [2.75, 3.05) is 0 Å². The molecule has 0 heterocycles. The average Bonchev–Trinajstić information content (AvgIpc) is 2.43. The maximum absolute atomic E-state index is 6.59. The molecule has 1 nitrogen and oxygen atoms in total. The first-order valence-corrected chi connectivity index (χ1v) is 8.12. The first-order valence-electron chi connectivity index (χ1n) is 7.37. The predicted molar refractivity (Wildman–Crippen MR) is 90.1 cm³/mol. The van der Waals surface area contributed by atoms with Gasteiger partial charge in [0.05, 0.1) is 10.0 Å². The van der Waals surface area contributed by atoms with Gasteiger partial charge in [0, 0.05) is 11.5 Å². The molecule has 0 aliphatic heterocycles. The molecule has 0 spiro atoms. The molecule has 0 aromatic heterocycles. The molecule has 110 valence electrons. The van der Waals surface area contributed by atoms with E-state index in [4.69, 9.17) is 28.9 Å². The van der Waals surface area contributed by atoms with Gasteiger partial charge in [-0.25, -0.2) is 0 Å². The lowest BCUT2D eigenvalue weighted by molar-refractivity contribution is 0.194. The molecule has 0 saturated heterocycles. The minimum absolute atomic E-state index is 0.103. The second-order valence-electron chi connectivity index (χ2n) is 5.93. The zero-order valence-electron chi connectivity index (χ0n) is 11.9. The van der Waals surface area contributed by atoms with Crippen molar-refractivity contribution < 1.29 is 0 Å². The fourth-order valence-corrected chi connectivity index (χ4v) is 3.64. The topological polar surface area (TPSA) is 26.0 Å². The molecular formula is C18H19Cl2N. The summed E-state index contributed by atoms with van der Waals surface area (Å²) in [5.41, 5.74) is 9.23. The van der Waals surface area contributed by atoms with Gasteiger partial charge in [0.25, 0.3) is 0 Å². The quantitative estimate of drug-likeness (QED) is 0.844. The minimum Gasteiger partial charge on any atom is -0.327 e. The van der Waals surface area contributed by atoms with E-state index in [1.807, 2.05) is 18.2 Å². The Morgan fingerprint density at radius 3 is 2.29 bits per heavy atom. The molecule has 1 aliphatic carbocycles. The average molecular weight is 320 g/mol. The van der Waals surface area contributed by atoms with Crippen LogP contribution >= 0.6 is 23.2 Å². The van der Waals surface area contributed by atoms with Crippen LogP contribution in [0, 0.1) is 0 Å². The summed E-state index contributed by atoms with van der Waals surface area (Å²) in [7, 11) is 0. The normalized spacial score (nSPS) is 18.0. The van der Waals surface area contributed by atoms with Gasteiger partial charge in [-0.1, -0.05) is 66.0 Å². The van der Waals surface area contributed by atoms with Crippen LogP contribution in [-0.4, -0.2) is 6.04 Å². The van der Waals surface area contributed by atoms with Crippen LogP contribution in [0.25, 0.3) is 0 Å². The SMILES string of the molecule is NC(Cc1ccc(Cl)c(Cl)c1)C1(c2ccccc2)CCC1. The molecule has 0 radical (unpaired) electrons. The summed E-state index contributed by atoms with van der Waals surface area (Å²) in [5.74, 6) is 0. The van der Waals surface area contributed by atoms with E-state index in [0.29, 0.717) is 10.0 Å². The summed E-state index contributed by atoms with van der Waals surface area (Å²) < 4.78 is 0. The van der Waals surface area contributed by atoms with Crippen LogP contribution in [0.2, 0.25) is 10.0 Å². The molecule has 21 heavy (non-hydrogen) atoms. The van der Waals surface area contributed by atoms with Crippen LogP contribution in [0.15, 0.2) is 48.5 Å². The number of rotatable bonds is 4. The first kappa shape index (κ1) is 14.9. The zero-order chi connectivity index (χ0) is 14.9. The highest BCUT2D eigenvalue weighted by Crippen LogP contribution is 2.46. The van der Waals surface area contributed by atoms with Gasteiger partial charge in [-0.15, -0.1) is 0 Å². The molecule has 3 heteroatoms. The maximum atomic E-state index is 6.59. The van der Waals surface area contributed by atoms with Crippen molar-refractivity contribution in [2.45, 2.75) is 37.1 Å². The van der Waals surface area contributed by atoms with Gasteiger partial charge >= 0.3 is 0 Å². The highest BCUT2D eigenvalue weighted by Gasteiger charge is 2.43. The lowest BCUT2D eigenvalue weighted by Gasteiger charge is -2.47. The van der Waals surface area contributed by atoms with Crippen molar-refractivity contribution in [2.24, 2.45) is 5.73 Å². The van der Waals surface area contributed by atoms with Gasteiger partial charge in [-0.05, 0) is 42.5 Å². The second kappa shape index (κ2) is 6.00. The third-order valence-electron chi connectivity index (χ3n) is 4.74. The number of halogens is 2. The van der Waals surface area contributed by atoms with Crippen molar-refractivity contribution in [1.82, 2.24) is 0 Å². The van der Waals surface area contributed by atoms with Gasteiger partial charge in [-0.2, -0.15) is 0 Å². The Balaban J connectivity index is 1.83. The largest absolute Gasteiger partial charge is 0.327 e. The minimum atomic E-state index is 0.103. The second-order valence-corrected chi connectivity index (χ2v) is 6.75. The lowest BCUT2D eigenvalue weighted by atomic mass is 9.59. The van der Waals surface area contributed by atoms with E-state index in [0.717, 1.165) is 12.0 Å². The van der Waals surface area contributed by atoms with Crippen LogP contribution in [-0.2, 0) is 11.8 Å². The van der Waals surface area contributed by atoms with Crippen LogP contribution in [0.1, 0.15) is 30.4 Å². The molecule has 1 fully saturated rings. The molecule has 3 rings (SSSR count). The lowest BCUT2D eigenvalue weighted by Crippen LogP contribution is -2.51. The van der Waals surface area contributed by atoms with Crippen LogP contribution in [0.3, 0.4) is 0 Å². The third-order valence-corrected chi connectivity index (χ3v) is 5.48. The van der Waals surface area contributed by atoms with Gasteiger partial charge in [0.15, 0.2) is 0 Å². The highest BCUT2D eigenvalue weighted by atomic mass is 35.5. The van der Waals surface area contributed by atoms with E-state index in [1.54, 1.807) is 0 Å². The van der Waals surface area contributed by atoms with Gasteiger partial charge in [-0.3, -0.25) is 0 Å². The molecule has 2 aromatic rings. The Morgan fingerprint density at radius 1 is 1.00 bits per heavy atom. The van der Waals surface area contributed by atoms with E-state index in [2.05, 4.69) is 30.3 Å². The van der Waals surface area contributed by atoms with Gasteiger partial charge in [0.2, 0.25) is 0 Å². The van der Waals surface area contributed by atoms with E-state index < -0.39 is 0 Å². The van der Waals surface area contributed by atoms with E-state index in [-0.39, 0.29) is 11.5 Å². The summed E-state index contributed by atoms with van der Waals surface area (Å²) in [6.07, 6.45) is 4.41. The third kappa shape index (κ3) is 2.83. The standard InChI is InChI=1S/C18H19Cl2N/c19-15-8-7-13(11-16(15)20)12-17(21)18(9-4-10-18)14-5-2-1-3-6-14/h1-3,5-8,11,17H,4,9-10,12,21H2. The Morgan fingerprint density at radius 2 is 1.71 bits per heavy atom. The molecule has 2 aromatic carbocycles. The predicted octanol–water partition coefficient (Wildman–Crippen LogP) is 4.99. The van der Waals surface area contributed by atoms with Gasteiger partial charge in [0.1, 0.15) is 0 Å². The molecule has 0 bridgehead atoms. The molecule has 2 N–H and O–H groups in total. The Hall–Kier alpha value is -1.02. The van der Waals surface area contributed by atoms with E-state index in [1.165, 1.54) is 24.8 Å². The zero-order valence-corrected chi connectivity index (χ0v) is 13.4. The molecule has 1 aliphatic rings. The number of benzene rings is 2. The Bertz CT molecular complexity index is 620. The van der Waals surface area contributed by atoms with Crippen LogP contribution in [0.5, 0.6) is 0 Å². The summed E-state index contributed by atoms with van der Waals surface area (Å²) in [5, 5.41) is 1.19. The van der Waals surface area contributed by atoms with E-state index in [9.17, 15) is 0 Å². The van der Waals surface area contributed by atoms with Crippen LogP contribution in [0.4, 0.5) is 0 Å². The summed E-state index contributed by atoms with van der Waals surface area (Å²) in [6.45, 7) is 0. The number of hydrogen-bond donors (Lipinski definition) is 1. The van der Waals surface area contributed by atoms with Crippen LogP contribution < -0.4 is 5.73 Å². The number of nitrogens with two attached hydrogens (primary N) is 1.